The van der Waals surface area contributed by atoms with Gasteiger partial charge in [-0.3, -0.25) is 4.90 Å². The van der Waals surface area contributed by atoms with Gasteiger partial charge in [-0.25, -0.2) is 4.79 Å². The summed E-state index contributed by atoms with van der Waals surface area (Å²) in [4.78, 5) is 13.3. The molecule has 0 aromatic heterocycles. The fourth-order valence-corrected chi connectivity index (χ4v) is 2.07. The molecule has 0 spiro atoms. The molecular weight excluding hydrogens is 270 g/mol. The zero-order chi connectivity index (χ0) is 15.1. The van der Waals surface area contributed by atoms with Crippen molar-refractivity contribution < 1.29 is 22.5 Å². The average molecular weight is 286 g/mol. The second-order valence-corrected chi connectivity index (χ2v) is 5.94. The molecule has 1 aliphatic rings. The van der Waals surface area contributed by atoms with E-state index in [0.717, 1.165) is 17.7 Å². The third-order valence-corrected chi connectivity index (χ3v) is 2.98. The minimum atomic E-state index is -5.01. The minimum Gasteiger partial charge on any atom is -0.445 e. The highest BCUT2D eigenvalue weighted by molar-refractivity contribution is 6.73. The molecule has 20 heavy (non-hydrogen) atoms. The SMILES string of the molecule is CC(C)(C)OC(=O)N1Cc2ccc([B-](F)(F)F)cc2C1. The van der Waals surface area contributed by atoms with E-state index in [1.165, 1.54) is 11.0 Å². The monoisotopic (exact) mass is 286 g/mol. The van der Waals surface area contributed by atoms with Crippen LogP contribution in [0.2, 0.25) is 0 Å². The lowest BCUT2D eigenvalue weighted by molar-refractivity contribution is 0.0242. The molecule has 1 aromatic rings. The molecule has 0 saturated heterocycles. The maximum absolute atomic E-state index is 12.7. The van der Waals surface area contributed by atoms with Gasteiger partial charge in [0, 0.05) is 13.1 Å². The smallest absolute Gasteiger partial charge is 0.445 e. The molecule has 3 nitrogen and oxygen atoms in total. The van der Waals surface area contributed by atoms with Gasteiger partial charge >= 0.3 is 13.1 Å². The van der Waals surface area contributed by atoms with E-state index in [2.05, 4.69) is 0 Å². The Morgan fingerprint density at radius 1 is 1.20 bits per heavy atom. The lowest BCUT2D eigenvalue weighted by Gasteiger charge is -2.24. The van der Waals surface area contributed by atoms with Crippen LogP contribution < -0.4 is 5.46 Å². The Morgan fingerprint density at radius 2 is 1.80 bits per heavy atom. The van der Waals surface area contributed by atoms with Crippen molar-refractivity contribution in [2.24, 2.45) is 0 Å². The van der Waals surface area contributed by atoms with E-state index in [1.807, 2.05) is 0 Å². The fraction of sp³-hybridized carbons (Fsp3) is 0.462. The fourth-order valence-electron chi connectivity index (χ4n) is 2.07. The largest absolute Gasteiger partial charge is 0.509 e. The highest BCUT2D eigenvalue weighted by atomic mass is 19.4. The number of rotatable bonds is 1. The predicted molar refractivity (Wildman–Crippen MR) is 70.6 cm³/mol. The van der Waals surface area contributed by atoms with Crippen molar-refractivity contribution in [1.82, 2.24) is 4.90 Å². The summed E-state index contributed by atoms with van der Waals surface area (Å²) >= 11 is 0. The topological polar surface area (TPSA) is 29.5 Å². The molecular formula is C13H16BF3NO2-. The molecule has 0 saturated carbocycles. The first-order valence-electron chi connectivity index (χ1n) is 6.36. The molecule has 1 aromatic carbocycles. The van der Waals surface area contributed by atoms with Gasteiger partial charge < -0.3 is 17.7 Å². The summed E-state index contributed by atoms with van der Waals surface area (Å²) < 4.78 is 43.3. The van der Waals surface area contributed by atoms with Crippen LogP contribution in [-0.2, 0) is 17.8 Å². The normalized spacial score (nSPS) is 15.2. The molecule has 1 aliphatic heterocycles. The number of halogens is 3. The zero-order valence-corrected chi connectivity index (χ0v) is 11.6. The van der Waals surface area contributed by atoms with Gasteiger partial charge in [-0.1, -0.05) is 18.2 Å². The molecule has 0 unspecified atom stereocenters. The first-order chi connectivity index (χ1) is 9.06. The number of amides is 1. The van der Waals surface area contributed by atoms with Gasteiger partial charge in [0.15, 0.2) is 0 Å². The van der Waals surface area contributed by atoms with E-state index in [9.17, 15) is 17.7 Å². The van der Waals surface area contributed by atoms with Crippen molar-refractivity contribution in [2.45, 2.75) is 39.5 Å². The van der Waals surface area contributed by atoms with Crippen molar-refractivity contribution in [1.29, 1.82) is 0 Å². The van der Waals surface area contributed by atoms with Crippen LogP contribution >= 0.6 is 0 Å². The van der Waals surface area contributed by atoms with Crippen LogP contribution in [-0.4, -0.2) is 23.6 Å². The average Bonchev–Trinajstić information content (AvgIpc) is 2.67. The van der Waals surface area contributed by atoms with Gasteiger partial charge in [0.1, 0.15) is 5.60 Å². The maximum Gasteiger partial charge on any atom is 0.509 e. The van der Waals surface area contributed by atoms with E-state index < -0.39 is 24.1 Å². The van der Waals surface area contributed by atoms with Crippen LogP contribution in [0.3, 0.4) is 0 Å². The van der Waals surface area contributed by atoms with E-state index in [0.29, 0.717) is 5.56 Å². The molecule has 0 aliphatic carbocycles. The highest BCUT2D eigenvalue weighted by Crippen LogP contribution is 2.25. The van der Waals surface area contributed by atoms with Crippen LogP contribution in [0.4, 0.5) is 17.7 Å². The lowest BCUT2D eigenvalue weighted by atomic mass is 9.79. The summed E-state index contributed by atoms with van der Waals surface area (Å²) in [5.41, 5.74) is 0.0218. The summed E-state index contributed by atoms with van der Waals surface area (Å²) in [7, 11) is 0. The first kappa shape index (κ1) is 14.7. The van der Waals surface area contributed by atoms with Crippen LogP contribution in [0.5, 0.6) is 0 Å². The van der Waals surface area contributed by atoms with E-state index in [1.54, 1.807) is 20.8 Å². The Kier molecular flexibility index (Phi) is 3.48. The Labute approximate surface area is 115 Å². The minimum absolute atomic E-state index is 0.157. The lowest BCUT2D eigenvalue weighted by Crippen LogP contribution is -2.34. The molecule has 110 valence electrons. The molecule has 0 N–H and O–H groups in total. The summed E-state index contributed by atoms with van der Waals surface area (Å²) in [5, 5.41) is 0. The predicted octanol–water partition coefficient (Wildman–Crippen LogP) is 2.99. The third-order valence-electron chi connectivity index (χ3n) is 2.98. The summed E-state index contributed by atoms with van der Waals surface area (Å²) in [6.07, 6.45) is -0.507. The number of nitrogens with zero attached hydrogens (tertiary/aromatic N) is 1. The third kappa shape index (κ3) is 3.26. The quantitative estimate of drug-likeness (QED) is 0.743. The molecule has 1 amide bonds. The van der Waals surface area contributed by atoms with Crippen LogP contribution in [0.15, 0.2) is 18.2 Å². The van der Waals surface area contributed by atoms with E-state index >= 15 is 0 Å². The van der Waals surface area contributed by atoms with Gasteiger partial charge in [0.05, 0.1) is 0 Å². The van der Waals surface area contributed by atoms with Crippen molar-refractivity contribution in [2.75, 3.05) is 0 Å². The highest BCUT2D eigenvalue weighted by Gasteiger charge is 2.30. The zero-order valence-electron chi connectivity index (χ0n) is 11.6. The van der Waals surface area contributed by atoms with Crippen molar-refractivity contribution in [3.05, 3.63) is 29.3 Å². The van der Waals surface area contributed by atoms with Crippen molar-refractivity contribution >= 4 is 18.5 Å². The van der Waals surface area contributed by atoms with Gasteiger partial charge in [-0.05, 0) is 31.9 Å². The number of carbonyl (C=O) groups excluding carboxylic acids is 1. The first-order valence-corrected chi connectivity index (χ1v) is 6.36. The van der Waals surface area contributed by atoms with E-state index in [-0.39, 0.29) is 13.1 Å². The summed E-state index contributed by atoms with van der Waals surface area (Å²) in [6.45, 7) is 0.678. The van der Waals surface area contributed by atoms with Crippen molar-refractivity contribution in [3.63, 3.8) is 0 Å². The Morgan fingerprint density at radius 3 is 2.35 bits per heavy atom. The van der Waals surface area contributed by atoms with Crippen LogP contribution in [0.25, 0.3) is 0 Å². The van der Waals surface area contributed by atoms with Gasteiger partial charge in [-0.15, -0.1) is 5.46 Å². The maximum atomic E-state index is 12.7. The summed E-state index contributed by atoms with van der Waals surface area (Å²) in [6, 6.07) is 3.63. The molecule has 0 atom stereocenters. The Balaban J connectivity index is 2.14. The number of benzene rings is 1. The van der Waals surface area contributed by atoms with Crippen LogP contribution in [0.1, 0.15) is 31.9 Å². The number of hydrogen-bond donors (Lipinski definition) is 0. The second-order valence-electron chi connectivity index (χ2n) is 5.94. The standard InChI is InChI=1S/C13H16BF3NO2/c1-13(2,3)20-12(19)18-7-9-4-5-11(14(15,16)17)6-10(9)8-18/h4-6H,7-8H2,1-3H3/q-1. The molecule has 0 fully saturated rings. The van der Waals surface area contributed by atoms with E-state index in [4.69, 9.17) is 4.74 Å². The Hall–Kier alpha value is -1.66. The number of ether oxygens (including phenoxy) is 1. The van der Waals surface area contributed by atoms with Gasteiger partial charge in [0.25, 0.3) is 0 Å². The molecule has 2 rings (SSSR count). The molecule has 7 heteroatoms. The molecule has 1 heterocycles. The number of hydrogen-bond acceptors (Lipinski definition) is 2. The number of carbonyl (C=O) groups is 1. The molecule has 0 bridgehead atoms. The second kappa shape index (κ2) is 4.72. The van der Waals surface area contributed by atoms with Crippen LogP contribution in [0, 0.1) is 0 Å². The van der Waals surface area contributed by atoms with Gasteiger partial charge in [-0.2, -0.15) is 0 Å². The molecule has 0 radical (unpaired) electrons. The summed E-state index contributed by atoms with van der Waals surface area (Å²) in [5.74, 6) is 0. The number of fused-ring (bicyclic) bond motifs is 1. The van der Waals surface area contributed by atoms with Gasteiger partial charge in [0.2, 0.25) is 0 Å². The van der Waals surface area contributed by atoms with Crippen molar-refractivity contribution in [3.8, 4) is 0 Å². The Bertz CT molecular complexity index is 537.